The lowest BCUT2D eigenvalue weighted by Gasteiger charge is -2.19. The molecule has 38 heavy (non-hydrogen) atoms. The van der Waals surface area contributed by atoms with Crippen molar-refractivity contribution < 1.29 is 33.3 Å². The highest BCUT2D eigenvalue weighted by Gasteiger charge is 2.26. The van der Waals surface area contributed by atoms with Gasteiger partial charge in [-0.1, -0.05) is 42.5 Å². The molecule has 0 aliphatic rings. The molecule has 0 spiro atoms. The third-order valence-corrected chi connectivity index (χ3v) is 5.65. The second-order valence-corrected chi connectivity index (χ2v) is 8.15. The average Bonchev–Trinajstić information content (AvgIpc) is 2.97. The fraction of sp³-hybridized carbons (Fsp3) is 0.241. The number of carbonyl (C=O) groups is 3. The van der Waals surface area contributed by atoms with Crippen molar-refractivity contribution in [1.82, 2.24) is 5.32 Å². The van der Waals surface area contributed by atoms with Crippen LogP contribution in [-0.2, 0) is 20.9 Å². The van der Waals surface area contributed by atoms with Gasteiger partial charge >= 0.3 is 5.97 Å². The number of nitrogens with zero attached hydrogens (tertiary/aromatic N) is 1. The summed E-state index contributed by atoms with van der Waals surface area (Å²) in [4.78, 5) is 38.3. The summed E-state index contributed by atoms with van der Waals surface area (Å²) in [6.07, 6.45) is -1.60. The number of ether oxygens (including phenoxy) is 4. The van der Waals surface area contributed by atoms with Crippen molar-refractivity contribution >= 4 is 17.7 Å². The molecule has 0 radical (unpaired) electrons. The summed E-state index contributed by atoms with van der Waals surface area (Å²) in [5.41, 5.74) is 1.77. The van der Waals surface area contributed by atoms with E-state index in [1.807, 2.05) is 6.07 Å². The minimum Gasteiger partial charge on any atom is -0.493 e. The van der Waals surface area contributed by atoms with E-state index in [-0.39, 0.29) is 25.2 Å². The van der Waals surface area contributed by atoms with Gasteiger partial charge in [-0.05, 0) is 29.8 Å². The number of hydrogen-bond acceptors (Lipinski definition) is 8. The van der Waals surface area contributed by atoms with Gasteiger partial charge in [-0.15, -0.1) is 0 Å². The van der Waals surface area contributed by atoms with Gasteiger partial charge in [0.2, 0.25) is 11.9 Å². The van der Waals surface area contributed by atoms with Crippen LogP contribution in [0, 0.1) is 11.3 Å². The number of rotatable bonds is 12. The molecule has 1 amide bonds. The Morgan fingerprint density at radius 2 is 1.55 bits per heavy atom. The van der Waals surface area contributed by atoms with Gasteiger partial charge in [-0.25, -0.2) is 0 Å². The summed E-state index contributed by atoms with van der Waals surface area (Å²) in [5, 5.41) is 12.0. The third kappa shape index (κ3) is 7.11. The van der Waals surface area contributed by atoms with Gasteiger partial charge in [0.15, 0.2) is 17.3 Å². The van der Waals surface area contributed by atoms with Crippen molar-refractivity contribution in [3.63, 3.8) is 0 Å². The van der Waals surface area contributed by atoms with Crippen LogP contribution in [0.4, 0.5) is 0 Å². The van der Waals surface area contributed by atoms with E-state index in [4.69, 9.17) is 18.9 Å². The number of methoxy groups -OCH3 is 3. The predicted octanol–water partition coefficient (Wildman–Crippen LogP) is 4.15. The number of nitrogens with one attached hydrogen (secondary N) is 1. The summed E-state index contributed by atoms with van der Waals surface area (Å²) >= 11 is 0. The molecule has 0 aliphatic carbocycles. The minimum atomic E-state index is -1.33. The molecule has 0 aliphatic heterocycles. The monoisotopic (exact) mass is 516 g/mol. The molecule has 0 fully saturated rings. The van der Waals surface area contributed by atoms with Crippen LogP contribution in [0.15, 0.2) is 66.7 Å². The van der Waals surface area contributed by atoms with Gasteiger partial charge in [-0.2, -0.15) is 5.26 Å². The maximum absolute atomic E-state index is 13.2. The van der Waals surface area contributed by atoms with Crippen LogP contribution in [0.2, 0.25) is 0 Å². The highest BCUT2D eigenvalue weighted by Crippen LogP contribution is 2.38. The van der Waals surface area contributed by atoms with E-state index < -0.39 is 18.0 Å². The number of ketones is 1. The zero-order valence-electron chi connectivity index (χ0n) is 21.4. The van der Waals surface area contributed by atoms with Crippen molar-refractivity contribution in [2.24, 2.45) is 0 Å². The Bertz CT molecular complexity index is 1310. The van der Waals surface area contributed by atoms with E-state index in [0.29, 0.717) is 39.5 Å². The van der Waals surface area contributed by atoms with Crippen molar-refractivity contribution in [2.45, 2.75) is 25.5 Å². The number of amides is 1. The Labute approximate surface area is 220 Å². The highest BCUT2D eigenvalue weighted by atomic mass is 16.5. The second-order valence-electron chi connectivity index (χ2n) is 8.15. The van der Waals surface area contributed by atoms with E-state index in [2.05, 4.69) is 5.32 Å². The molecule has 9 nitrogen and oxygen atoms in total. The average molecular weight is 517 g/mol. The third-order valence-electron chi connectivity index (χ3n) is 5.65. The molecule has 3 rings (SSSR count). The number of nitriles is 1. The fourth-order valence-corrected chi connectivity index (χ4v) is 3.74. The lowest BCUT2D eigenvalue weighted by atomic mass is 10.0. The normalized spacial score (nSPS) is 11.0. The number of benzene rings is 3. The molecule has 0 bridgehead atoms. The van der Waals surface area contributed by atoms with Gasteiger partial charge in [0.1, 0.15) is 0 Å². The van der Waals surface area contributed by atoms with E-state index in [1.54, 1.807) is 60.7 Å². The van der Waals surface area contributed by atoms with E-state index in [1.165, 1.54) is 27.4 Å². The summed E-state index contributed by atoms with van der Waals surface area (Å²) in [6, 6.07) is 20.2. The van der Waals surface area contributed by atoms with Gasteiger partial charge in [0.05, 0.1) is 39.4 Å². The molecule has 0 aromatic heterocycles. The molecule has 1 unspecified atom stereocenters. The SMILES string of the molecule is COc1cc(CNC(=O)C(OC(=O)CCC(=O)c2ccccc2)c2cccc(C#N)c2)cc(OC)c1OC. The van der Waals surface area contributed by atoms with Crippen LogP contribution in [0.5, 0.6) is 17.2 Å². The summed E-state index contributed by atoms with van der Waals surface area (Å²) in [6.45, 7) is 0.0635. The molecule has 3 aromatic rings. The zero-order valence-corrected chi connectivity index (χ0v) is 21.4. The van der Waals surface area contributed by atoms with Crippen LogP contribution in [0.25, 0.3) is 0 Å². The maximum Gasteiger partial charge on any atom is 0.307 e. The first-order chi connectivity index (χ1) is 18.4. The fourth-order valence-electron chi connectivity index (χ4n) is 3.74. The minimum absolute atomic E-state index is 0.0635. The molecule has 9 heteroatoms. The first-order valence-corrected chi connectivity index (χ1v) is 11.7. The van der Waals surface area contributed by atoms with Gasteiger partial charge in [0.25, 0.3) is 5.91 Å². The molecule has 196 valence electrons. The largest absolute Gasteiger partial charge is 0.493 e. The van der Waals surface area contributed by atoms with Crippen LogP contribution in [0.3, 0.4) is 0 Å². The summed E-state index contributed by atoms with van der Waals surface area (Å²) in [5.74, 6) is -0.276. The molecule has 1 N–H and O–H groups in total. The van der Waals surface area contributed by atoms with E-state index in [0.717, 1.165) is 0 Å². The van der Waals surface area contributed by atoms with Crippen molar-refractivity contribution in [1.29, 1.82) is 5.26 Å². The molecular weight excluding hydrogens is 488 g/mol. The second kappa shape index (κ2) is 13.5. The number of hydrogen-bond donors (Lipinski definition) is 1. The topological polar surface area (TPSA) is 124 Å². The Morgan fingerprint density at radius 3 is 2.16 bits per heavy atom. The lowest BCUT2D eigenvalue weighted by molar-refractivity contribution is -0.156. The van der Waals surface area contributed by atoms with E-state index in [9.17, 15) is 19.6 Å². The standard InChI is InChI=1S/C29H28N2O7/c1-35-24-15-20(16-25(36-2)28(24)37-3)18-31-29(34)27(22-11-7-8-19(14-22)17-30)38-26(33)13-12-23(32)21-9-5-4-6-10-21/h4-11,14-16,27H,12-13,18H2,1-3H3,(H,31,34). The van der Waals surface area contributed by atoms with Crippen LogP contribution >= 0.6 is 0 Å². The highest BCUT2D eigenvalue weighted by molar-refractivity contribution is 5.97. The Balaban J connectivity index is 1.75. The van der Waals surface area contributed by atoms with Crippen molar-refractivity contribution in [3.05, 3.63) is 89.0 Å². The first-order valence-electron chi connectivity index (χ1n) is 11.7. The van der Waals surface area contributed by atoms with Gasteiger partial charge < -0.3 is 24.3 Å². The summed E-state index contributed by atoms with van der Waals surface area (Å²) in [7, 11) is 4.46. The molecule has 0 saturated carbocycles. The predicted molar refractivity (Wildman–Crippen MR) is 138 cm³/mol. The lowest BCUT2D eigenvalue weighted by Crippen LogP contribution is -2.32. The zero-order chi connectivity index (χ0) is 27.5. The molecule has 1 atom stereocenters. The molecule has 0 heterocycles. The quantitative estimate of drug-likeness (QED) is 0.281. The number of carbonyl (C=O) groups excluding carboxylic acids is 3. The number of Topliss-reactive ketones (excluding diaryl/α,β-unsaturated/α-hetero) is 1. The van der Waals surface area contributed by atoms with Crippen molar-refractivity contribution in [2.75, 3.05) is 21.3 Å². The summed E-state index contributed by atoms with van der Waals surface area (Å²) < 4.78 is 21.5. The smallest absolute Gasteiger partial charge is 0.307 e. The number of esters is 1. The van der Waals surface area contributed by atoms with Crippen LogP contribution in [0.1, 0.15) is 46.0 Å². The maximum atomic E-state index is 13.2. The first kappa shape index (κ1) is 27.7. The molecule has 0 saturated heterocycles. The Hall–Kier alpha value is -4.84. The molecule has 3 aromatic carbocycles. The Kier molecular flexibility index (Phi) is 9.83. The van der Waals surface area contributed by atoms with Gasteiger partial charge in [-0.3, -0.25) is 14.4 Å². The van der Waals surface area contributed by atoms with Crippen LogP contribution < -0.4 is 19.5 Å². The molecular formula is C29H28N2O7. The Morgan fingerprint density at radius 1 is 0.868 bits per heavy atom. The van der Waals surface area contributed by atoms with E-state index >= 15 is 0 Å². The van der Waals surface area contributed by atoms with Crippen molar-refractivity contribution in [3.8, 4) is 23.3 Å². The van der Waals surface area contributed by atoms with Crippen LogP contribution in [-0.4, -0.2) is 39.0 Å². The van der Waals surface area contributed by atoms with Gasteiger partial charge in [0, 0.05) is 24.1 Å².